The van der Waals surface area contributed by atoms with Gasteiger partial charge in [-0.25, -0.2) is 4.98 Å². The van der Waals surface area contributed by atoms with Crippen molar-refractivity contribution in [2.75, 3.05) is 0 Å². The van der Waals surface area contributed by atoms with Crippen LogP contribution >= 0.6 is 22.9 Å². The smallest absolute Gasteiger partial charge is 0.195 e. The summed E-state index contributed by atoms with van der Waals surface area (Å²) in [6.07, 6.45) is 3.94. The van der Waals surface area contributed by atoms with E-state index in [9.17, 15) is 0 Å². The van der Waals surface area contributed by atoms with Gasteiger partial charge in [-0.2, -0.15) is 0 Å². The Balaban J connectivity index is 2.55. The first-order valence-corrected chi connectivity index (χ1v) is 5.90. The lowest BCUT2D eigenvalue weighted by Crippen LogP contribution is -2.15. The third-order valence-corrected chi connectivity index (χ3v) is 3.37. The first-order chi connectivity index (χ1) is 7.09. The highest BCUT2D eigenvalue weighted by Crippen LogP contribution is 2.23. The van der Waals surface area contributed by atoms with Crippen molar-refractivity contribution >= 4 is 34.0 Å². The molecule has 0 saturated carbocycles. The standard InChI is InChI=1S/C10H12ClN3S/c1-6(7(2)12)5-8-9(11)13-10-14(8)3-4-15-10/h3-5,7H,12H2,1-2H3/b6-5+. The number of rotatable bonds is 2. The molecule has 0 aliphatic carbocycles. The minimum absolute atomic E-state index is 0.0326. The second-order valence-corrected chi connectivity index (χ2v) is 4.75. The van der Waals surface area contributed by atoms with Gasteiger partial charge in [0, 0.05) is 17.6 Å². The van der Waals surface area contributed by atoms with Crippen LogP contribution in [0.3, 0.4) is 0 Å². The molecule has 2 aromatic rings. The SMILES string of the molecule is C/C(=C\c1c(Cl)nc2sccn12)C(C)N. The zero-order valence-corrected chi connectivity index (χ0v) is 10.1. The van der Waals surface area contributed by atoms with Gasteiger partial charge < -0.3 is 5.73 Å². The molecule has 0 amide bonds. The molecule has 1 unspecified atom stereocenters. The Labute approximate surface area is 97.2 Å². The maximum Gasteiger partial charge on any atom is 0.195 e. The summed E-state index contributed by atoms with van der Waals surface area (Å²) in [5.74, 6) is 0. The molecule has 2 heterocycles. The molecule has 2 N–H and O–H groups in total. The van der Waals surface area contributed by atoms with Gasteiger partial charge in [0.25, 0.3) is 0 Å². The van der Waals surface area contributed by atoms with Gasteiger partial charge >= 0.3 is 0 Å². The van der Waals surface area contributed by atoms with Crippen molar-refractivity contribution in [3.63, 3.8) is 0 Å². The van der Waals surface area contributed by atoms with E-state index in [1.165, 1.54) is 0 Å². The maximum atomic E-state index is 6.05. The van der Waals surface area contributed by atoms with Gasteiger partial charge in [-0.3, -0.25) is 4.40 Å². The van der Waals surface area contributed by atoms with Gasteiger partial charge in [-0.1, -0.05) is 17.2 Å². The molecule has 0 aliphatic rings. The molecule has 15 heavy (non-hydrogen) atoms. The molecule has 0 aliphatic heterocycles. The highest BCUT2D eigenvalue weighted by Gasteiger charge is 2.09. The first kappa shape index (κ1) is 10.7. The van der Waals surface area contributed by atoms with Crippen LogP contribution in [0.2, 0.25) is 5.15 Å². The topological polar surface area (TPSA) is 43.3 Å². The summed E-state index contributed by atoms with van der Waals surface area (Å²) < 4.78 is 1.97. The molecule has 2 rings (SSSR count). The van der Waals surface area contributed by atoms with Crippen molar-refractivity contribution < 1.29 is 0 Å². The first-order valence-electron chi connectivity index (χ1n) is 4.64. The van der Waals surface area contributed by atoms with Gasteiger partial charge in [0.15, 0.2) is 10.1 Å². The zero-order valence-electron chi connectivity index (χ0n) is 8.57. The van der Waals surface area contributed by atoms with Gasteiger partial charge in [-0.15, -0.1) is 11.3 Å². The average molecular weight is 242 g/mol. The second kappa shape index (κ2) is 3.96. The summed E-state index contributed by atoms with van der Waals surface area (Å²) in [7, 11) is 0. The van der Waals surface area contributed by atoms with E-state index < -0.39 is 0 Å². The van der Waals surface area contributed by atoms with E-state index in [0.717, 1.165) is 16.2 Å². The van der Waals surface area contributed by atoms with Crippen molar-refractivity contribution in [1.29, 1.82) is 0 Å². The van der Waals surface area contributed by atoms with Gasteiger partial charge in [0.1, 0.15) is 0 Å². The van der Waals surface area contributed by atoms with Crippen LogP contribution in [0.1, 0.15) is 19.5 Å². The lowest BCUT2D eigenvalue weighted by atomic mass is 10.1. The van der Waals surface area contributed by atoms with Crippen molar-refractivity contribution in [1.82, 2.24) is 9.38 Å². The molecule has 0 radical (unpaired) electrons. The van der Waals surface area contributed by atoms with E-state index in [1.807, 2.05) is 35.9 Å². The Bertz CT molecular complexity index is 510. The molecule has 0 spiro atoms. The third-order valence-electron chi connectivity index (χ3n) is 2.34. The Hall–Kier alpha value is -0.840. The predicted molar refractivity (Wildman–Crippen MR) is 65.4 cm³/mol. The lowest BCUT2D eigenvalue weighted by Gasteiger charge is -2.04. The van der Waals surface area contributed by atoms with Crippen LogP contribution in [-0.4, -0.2) is 15.4 Å². The highest BCUT2D eigenvalue weighted by atomic mass is 35.5. The van der Waals surface area contributed by atoms with E-state index in [1.54, 1.807) is 11.3 Å². The van der Waals surface area contributed by atoms with Crippen LogP contribution in [0.25, 0.3) is 11.0 Å². The fourth-order valence-corrected chi connectivity index (χ4v) is 2.25. The second-order valence-electron chi connectivity index (χ2n) is 3.52. The quantitative estimate of drug-likeness (QED) is 0.879. The number of fused-ring (bicyclic) bond motifs is 1. The fraction of sp³-hybridized carbons (Fsp3) is 0.300. The summed E-state index contributed by atoms with van der Waals surface area (Å²) in [4.78, 5) is 5.15. The van der Waals surface area contributed by atoms with Crippen molar-refractivity contribution in [2.45, 2.75) is 19.9 Å². The van der Waals surface area contributed by atoms with Crippen LogP contribution < -0.4 is 5.73 Å². The van der Waals surface area contributed by atoms with Gasteiger partial charge in [-0.05, 0) is 19.9 Å². The lowest BCUT2D eigenvalue weighted by molar-refractivity contribution is 0.867. The Morgan fingerprint density at radius 1 is 1.73 bits per heavy atom. The van der Waals surface area contributed by atoms with Crippen molar-refractivity contribution in [2.24, 2.45) is 5.73 Å². The molecule has 0 fully saturated rings. The van der Waals surface area contributed by atoms with E-state index in [-0.39, 0.29) is 6.04 Å². The predicted octanol–water partition coefficient (Wildman–Crippen LogP) is 2.80. The van der Waals surface area contributed by atoms with E-state index >= 15 is 0 Å². The van der Waals surface area contributed by atoms with E-state index in [0.29, 0.717) is 5.15 Å². The van der Waals surface area contributed by atoms with Crippen molar-refractivity contribution in [3.05, 3.63) is 28.0 Å². The number of nitrogens with zero attached hydrogens (tertiary/aromatic N) is 2. The summed E-state index contributed by atoms with van der Waals surface area (Å²) in [5, 5.41) is 2.51. The minimum Gasteiger partial charge on any atom is -0.324 e. The number of hydrogen-bond acceptors (Lipinski definition) is 3. The van der Waals surface area contributed by atoms with Crippen molar-refractivity contribution in [3.8, 4) is 0 Å². The van der Waals surface area contributed by atoms with Crippen LogP contribution in [0.15, 0.2) is 17.2 Å². The molecular formula is C10H12ClN3S. The summed E-state index contributed by atoms with van der Waals surface area (Å²) >= 11 is 7.61. The molecule has 80 valence electrons. The zero-order chi connectivity index (χ0) is 11.0. The number of thiazole rings is 1. The number of imidazole rings is 1. The molecule has 0 bridgehead atoms. The number of aromatic nitrogens is 2. The Morgan fingerprint density at radius 3 is 3.13 bits per heavy atom. The summed E-state index contributed by atoms with van der Waals surface area (Å²) in [6.45, 7) is 3.94. The molecule has 2 aromatic heterocycles. The third kappa shape index (κ3) is 1.93. The summed E-state index contributed by atoms with van der Waals surface area (Å²) in [6, 6.07) is 0.0326. The van der Waals surface area contributed by atoms with Crippen LogP contribution in [-0.2, 0) is 0 Å². The number of nitrogens with two attached hydrogens (primary N) is 1. The molecule has 5 heteroatoms. The fourth-order valence-electron chi connectivity index (χ4n) is 1.25. The van der Waals surface area contributed by atoms with Crippen LogP contribution in [0, 0.1) is 0 Å². The van der Waals surface area contributed by atoms with Gasteiger partial charge in [0.05, 0.1) is 5.69 Å². The monoisotopic (exact) mass is 241 g/mol. The molecule has 3 nitrogen and oxygen atoms in total. The van der Waals surface area contributed by atoms with Crippen LogP contribution in [0.5, 0.6) is 0 Å². The Morgan fingerprint density at radius 2 is 2.47 bits per heavy atom. The van der Waals surface area contributed by atoms with Crippen LogP contribution in [0.4, 0.5) is 0 Å². The Kier molecular flexibility index (Phi) is 2.82. The van der Waals surface area contributed by atoms with E-state index in [2.05, 4.69) is 4.98 Å². The number of hydrogen-bond donors (Lipinski definition) is 1. The average Bonchev–Trinajstić information content (AvgIpc) is 2.69. The largest absolute Gasteiger partial charge is 0.324 e. The molecule has 0 aromatic carbocycles. The maximum absolute atomic E-state index is 6.05. The molecule has 1 atom stereocenters. The number of halogens is 1. The van der Waals surface area contributed by atoms with E-state index in [4.69, 9.17) is 17.3 Å². The molecular weight excluding hydrogens is 230 g/mol. The molecule has 0 saturated heterocycles. The van der Waals surface area contributed by atoms with Gasteiger partial charge in [0.2, 0.25) is 0 Å². The minimum atomic E-state index is 0.0326. The normalized spacial score (nSPS) is 14.8. The highest BCUT2D eigenvalue weighted by molar-refractivity contribution is 7.15. The summed E-state index contributed by atoms with van der Waals surface area (Å²) in [5.41, 5.74) is 7.78.